The molecule has 2 aromatic heterocycles. The van der Waals surface area contributed by atoms with E-state index < -0.39 is 10.0 Å². The third-order valence-corrected chi connectivity index (χ3v) is 7.31. The molecule has 0 N–H and O–H groups in total. The highest BCUT2D eigenvalue weighted by Crippen LogP contribution is 2.32. The summed E-state index contributed by atoms with van der Waals surface area (Å²) in [6, 6.07) is 18.3. The number of sulfonamides is 1. The number of aromatic nitrogens is 3. The number of rotatable bonds is 4. The summed E-state index contributed by atoms with van der Waals surface area (Å²) in [5.74, 6) is 0.658. The zero-order chi connectivity index (χ0) is 20.6. The van der Waals surface area contributed by atoms with Crippen molar-refractivity contribution in [3.63, 3.8) is 0 Å². The Hall–Kier alpha value is -3.10. The van der Waals surface area contributed by atoms with Gasteiger partial charge in [0, 0.05) is 24.7 Å². The fourth-order valence-electron chi connectivity index (χ4n) is 3.89. The van der Waals surface area contributed by atoms with Gasteiger partial charge in [0.05, 0.1) is 10.8 Å². The van der Waals surface area contributed by atoms with Gasteiger partial charge in [0.25, 0.3) is 5.89 Å². The van der Waals surface area contributed by atoms with Gasteiger partial charge in [0.2, 0.25) is 15.9 Å². The molecule has 5 rings (SSSR count). The van der Waals surface area contributed by atoms with Crippen molar-refractivity contribution >= 4 is 20.8 Å². The topological polar surface area (TPSA) is 89.2 Å². The molecule has 1 saturated heterocycles. The summed E-state index contributed by atoms with van der Waals surface area (Å²) in [4.78, 5) is 4.73. The minimum absolute atomic E-state index is 0.145. The van der Waals surface area contributed by atoms with Gasteiger partial charge in [0.1, 0.15) is 5.69 Å². The summed E-state index contributed by atoms with van der Waals surface area (Å²) in [6.07, 6.45) is 3.25. The third-order valence-electron chi connectivity index (χ3n) is 5.43. The molecule has 7 nitrogen and oxygen atoms in total. The van der Waals surface area contributed by atoms with E-state index in [0.29, 0.717) is 35.5 Å². The van der Waals surface area contributed by atoms with E-state index >= 15 is 0 Å². The number of pyridine rings is 1. The van der Waals surface area contributed by atoms with Crippen molar-refractivity contribution in [2.24, 2.45) is 0 Å². The molecule has 1 atom stereocenters. The molecule has 0 saturated carbocycles. The summed E-state index contributed by atoms with van der Waals surface area (Å²) in [6.45, 7) is 0.807. The standard InChI is InChI=1S/C22H20N4O3S/c27-30(28,18-9-2-1-3-10-18)26-14-6-8-17(15-26)21-24-25-22(29-21)20-19-11-5-4-7-16(19)12-13-23-20/h1-5,7,9-13,17H,6,8,14-15H2/t17-/m1/s1. The second-order valence-electron chi connectivity index (χ2n) is 7.34. The maximum atomic E-state index is 13.0. The van der Waals surface area contributed by atoms with Crippen molar-refractivity contribution in [1.82, 2.24) is 19.5 Å². The lowest BCUT2D eigenvalue weighted by Crippen LogP contribution is -2.39. The number of hydrogen-bond donors (Lipinski definition) is 0. The summed E-state index contributed by atoms with van der Waals surface area (Å²) in [5.41, 5.74) is 0.636. The van der Waals surface area contributed by atoms with Crippen LogP contribution in [0, 0.1) is 0 Å². The zero-order valence-corrected chi connectivity index (χ0v) is 17.0. The number of hydrogen-bond acceptors (Lipinski definition) is 6. The van der Waals surface area contributed by atoms with Gasteiger partial charge in [-0.1, -0.05) is 42.5 Å². The molecule has 152 valence electrons. The molecule has 4 aromatic rings. The van der Waals surface area contributed by atoms with E-state index in [-0.39, 0.29) is 5.92 Å². The first-order valence-corrected chi connectivity index (χ1v) is 11.3. The molecule has 3 heterocycles. The average molecular weight is 420 g/mol. The molecule has 0 aliphatic carbocycles. The van der Waals surface area contributed by atoms with Crippen LogP contribution in [0.2, 0.25) is 0 Å². The smallest absolute Gasteiger partial charge is 0.266 e. The molecule has 1 fully saturated rings. The van der Waals surface area contributed by atoms with Gasteiger partial charge in [0.15, 0.2) is 0 Å². The summed E-state index contributed by atoms with van der Waals surface area (Å²) >= 11 is 0. The molecule has 0 bridgehead atoms. The minimum atomic E-state index is -3.55. The second kappa shape index (κ2) is 7.62. The highest BCUT2D eigenvalue weighted by molar-refractivity contribution is 7.89. The van der Waals surface area contributed by atoms with Gasteiger partial charge in [-0.2, -0.15) is 4.31 Å². The van der Waals surface area contributed by atoms with E-state index in [0.717, 1.165) is 23.6 Å². The molecule has 1 aliphatic heterocycles. The highest BCUT2D eigenvalue weighted by Gasteiger charge is 2.33. The Morgan fingerprint density at radius 2 is 1.77 bits per heavy atom. The van der Waals surface area contributed by atoms with E-state index in [1.807, 2.05) is 30.3 Å². The Morgan fingerprint density at radius 3 is 2.63 bits per heavy atom. The Labute approximate surface area is 174 Å². The van der Waals surface area contributed by atoms with Gasteiger partial charge < -0.3 is 4.42 Å². The first kappa shape index (κ1) is 18.9. The number of nitrogens with zero attached hydrogens (tertiary/aromatic N) is 4. The van der Waals surface area contributed by atoms with Crippen molar-refractivity contribution in [1.29, 1.82) is 0 Å². The van der Waals surface area contributed by atoms with Gasteiger partial charge in [-0.05, 0) is 36.4 Å². The lowest BCUT2D eigenvalue weighted by atomic mass is 10.00. The quantitative estimate of drug-likeness (QED) is 0.498. The maximum Gasteiger partial charge on any atom is 0.266 e. The van der Waals surface area contributed by atoms with Crippen molar-refractivity contribution in [3.05, 3.63) is 72.8 Å². The normalized spacial score (nSPS) is 17.9. The van der Waals surface area contributed by atoms with Crippen LogP contribution in [0.3, 0.4) is 0 Å². The lowest BCUT2D eigenvalue weighted by Gasteiger charge is -2.30. The first-order valence-electron chi connectivity index (χ1n) is 9.85. The van der Waals surface area contributed by atoms with Crippen LogP contribution in [0.1, 0.15) is 24.7 Å². The zero-order valence-electron chi connectivity index (χ0n) is 16.2. The predicted octanol–water partition coefficient (Wildman–Crippen LogP) is 3.85. The van der Waals surface area contributed by atoms with Gasteiger partial charge in [-0.25, -0.2) is 8.42 Å². The van der Waals surface area contributed by atoms with Crippen LogP contribution in [-0.4, -0.2) is 41.0 Å². The third kappa shape index (κ3) is 3.38. The Morgan fingerprint density at radius 1 is 0.967 bits per heavy atom. The van der Waals surface area contributed by atoms with Crippen molar-refractivity contribution < 1.29 is 12.8 Å². The number of fused-ring (bicyclic) bond motifs is 1. The minimum Gasteiger partial charge on any atom is -0.419 e. The predicted molar refractivity (Wildman–Crippen MR) is 112 cm³/mol. The van der Waals surface area contributed by atoms with Crippen LogP contribution < -0.4 is 0 Å². The Kier molecular flexibility index (Phi) is 4.80. The molecule has 0 spiro atoms. The maximum absolute atomic E-state index is 13.0. The fourth-order valence-corrected chi connectivity index (χ4v) is 5.43. The van der Waals surface area contributed by atoms with Crippen molar-refractivity contribution in [2.75, 3.05) is 13.1 Å². The fraction of sp³-hybridized carbons (Fsp3) is 0.227. The van der Waals surface area contributed by atoms with Crippen molar-refractivity contribution in [3.8, 4) is 11.6 Å². The molecule has 2 aromatic carbocycles. The summed E-state index contributed by atoms with van der Waals surface area (Å²) < 4.78 is 33.5. The van der Waals surface area contributed by atoms with E-state index in [2.05, 4.69) is 15.2 Å². The Bertz CT molecular complexity index is 1280. The SMILES string of the molecule is O=S(=O)(c1ccccc1)N1CCC[C@@H](c2nnc(-c3nccc4ccccc34)o2)C1. The van der Waals surface area contributed by atoms with Gasteiger partial charge in [-0.3, -0.25) is 4.98 Å². The van der Waals surface area contributed by atoms with Crippen LogP contribution in [0.5, 0.6) is 0 Å². The van der Waals surface area contributed by atoms with Gasteiger partial charge >= 0.3 is 0 Å². The van der Waals surface area contributed by atoms with E-state index in [1.54, 1.807) is 36.5 Å². The molecular weight excluding hydrogens is 400 g/mol. The van der Waals surface area contributed by atoms with Crippen LogP contribution in [-0.2, 0) is 10.0 Å². The molecule has 1 aliphatic rings. The highest BCUT2D eigenvalue weighted by atomic mass is 32.2. The average Bonchev–Trinajstić information content (AvgIpc) is 3.29. The monoisotopic (exact) mass is 420 g/mol. The Balaban J connectivity index is 1.43. The molecule has 0 unspecified atom stereocenters. The molecule has 0 amide bonds. The van der Waals surface area contributed by atoms with Crippen LogP contribution in [0.4, 0.5) is 0 Å². The van der Waals surface area contributed by atoms with Gasteiger partial charge in [-0.15, -0.1) is 10.2 Å². The second-order valence-corrected chi connectivity index (χ2v) is 9.28. The lowest BCUT2D eigenvalue weighted by molar-refractivity contribution is 0.286. The first-order chi connectivity index (χ1) is 14.6. The number of benzene rings is 2. The molecule has 30 heavy (non-hydrogen) atoms. The summed E-state index contributed by atoms with van der Waals surface area (Å²) in [5, 5.41) is 10.4. The van der Waals surface area contributed by atoms with E-state index in [9.17, 15) is 8.42 Å². The van der Waals surface area contributed by atoms with E-state index in [4.69, 9.17) is 4.42 Å². The molecular formula is C22H20N4O3S. The molecule has 8 heteroatoms. The van der Waals surface area contributed by atoms with Crippen LogP contribution >= 0.6 is 0 Å². The molecule has 0 radical (unpaired) electrons. The summed E-state index contributed by atoms with van der Waals surface area (Å²) in [7, 11) is -3.55. The number of piperidine rings is 1. The van der Waals surface area contributed by atoms with E-state index in [1.165, 1.54) is 4.31 Å². The van der Waals surface area contributed by atoms with Crippen molar-refractivity contribution in [2.45, 2.75) is 23.7 Å². The van der Waals surface area contributed by atoms with Crippen LogP contribution in [0.25, 0.3) is 22.4 Å². The van der Waals surface area contributed by atoms with Crippen LogP contribution in [0.15, 0.2) is 76.2 Å². The largest absolute Gasteiger partial charge is 0.419 e.